The van der Waals surface area contributed by atoms with Crippen molar-refractivity contribution < 1.29 is 23.9 Å². The Morgan fingerprint density at radius 1 is 1.24 bits per heavy atom. The number of aromatic nitrogens is 2. The molecule has 0 spiro atoms. The van der Waals surface area contributed by atoms with Crippen LogP contribution in [-0.4, -0.2) is 47.1 Å². The molecule has 1 unspecified atom stereocenters. The molecular formula is C25H27N3O5S. The number of aryl methyl sites for hydroxylation is 1. The van der Waals surface area contributed by atoms with Crippen molar-refractivity contribution in [3.8, 4) is 11.8 Å². The van der Waals surface area contributed by atoms with Crippen LogP contribution in [0.3, 0.4) is 0 Å². The van der Waals surface area contributed by atoms with Crippen molar-refractivity contribution in [1.82, 2.24) is 15.3 Å². The molecule has 1 amide bonds. The van der Waals surface area contributed by atoms with Gasteiger partial charge in [0.2, 0.25) is 5.91 Å². The third-order valence-electron chi connectivity index (χ3n) is 6.38. The van der Waals surface area contributed by atoms with Gasteiger partial charge in [0.25, 0.3) is 0 Å². The van der Waals surface area contributed by atoms with Gasteiger partial charge >= 0.3 is 0 Å². The minimum Gasteiger partial charge on any atom is -0.396 e. The molecule has 9 heteroatoms. The van der Waals surface area contributed by atoms with E-state index < -0.39 is 22.4 Å². The Kier molecular flexibility index (Phi) is 7.14. The van der Waals surface area contributed by atoms with E-state index in [9.17, 15) is 18.7 Å². The molecule has 3 aromatic rings. The molecule has 1 saturated carbocycles. The fourth-order valence-corrected chi connectivity index (χ4v) is 4.93. The van der Waals surface area contributed by atoms with Crippen LogP contribution < -0.4 is 5.48 Å². The summed E-state index contributed by atoms with van der Waals surface area (Å²) in [6.07, 6.45) is 3.11. The zero-order chi connectivity index (χ0) is 24.3. The van der Waals surface area contributed by atoms with Crippen LogP contribution in [0.1, 0.15) is 42.4 Å². The zero-order valence-electron chi connectivity index (χ0n) is 18.8. The first-order valence-electron chi connectivity index (χ1n) is 11.0. The van der Waals surface area contributed by atoms with E-state index in [-0.39, 0.29) is 18.8 Å². The van der Waals surface area contributed by atoms with Crippen LogP contribution in [0.15, 0.2) is 48.7 Å². The number of hydrogen-bond acceptors (Lipinski definition) is 5. The first kappa shape index (κ1) is 24.1. The average molecular weight is 482 g/mol. The van der Waals surface area contributed by atoms with Gasteiger partial charge in [-0.15, -0.1) is 0 Å². The second-order valence-electron chi connectivity index (χ2n) is 9.04. The summed E-state index contributed by atoms with van der Waals surface area (Å²) in [6, 6.07) is 13.9. The quantitative estimate of drug-likeness (QED) is 0.170. The van der Waals surface area contributed by atoms with Crippen molar-refractivity contribution >= 4 is 27.9 Å². The summed E-state index contributed by atoms with van der Waals surface area (Å²) in [5.74, 6) is 6.22. The molecule has 1 aliphatic rings. The molecule has 1 fully saturated rings. The third-order valence-corrected chi connectivity index (χ3v) is 7.27. The largest absolute Gasteiger partial charge is 0.396 e. The van der Waals surface area contributed by atoms with Crippen molar-refractivity contribution in [2.45, 2.75) is 32.2 Å². The average Bonchev–Trinajstić information content (AvgIpc) is 3.51. The van der Waals surface area contributed by atoms with E-state index in [0.29, 0.717) is 18.4 Å². The molecule has 0 aliphatic heterocycles. The van der Waals surface area contributed by atoms with E-state index in [4.69, 9.17) is 5.21 Å². The molecule has 4 atom stereocenters. The van der Waals surface area contributed by atoms with E-state index >= 15 is 0 Å². The summed E-state index contributed by atoms with van der Waals surface area (Å²) in [5.41, 5.74) is 4.16. The van der Waals surface area contributed by atoms with Crippen LogP contribution in [0.4, 0.5) is 0 Å². The second kappa shape index (κ2) is 10.1. The predicted molar refractivity (Wildman–Crippen MR) is 128 cm³/mol. The number of nitrogens with zero attached hydrogens (tertiary/aromatic N) is 2. The molecule has 1 heterocycles. The van der Waals surface area contributed by atoms with E-state index in [1.807, 2.05) is 36.5 Å². The Balaban J connectivity index is 1.44. The van der Waals surface area contributed by atoms with Crippen molar-refractivity contribution in [2.24, 2.45) is 11.3 Å². The highest BCUT2D eigenvalue weighted by Gasteiger charge is 2.37. The van der Waals surface area contributed by atoms with Gasteiger partial charge < -0.3 is 9.66 Å². The number of aliphatic hydroxyl groups is 1. The molecule has 34 heavy (non-hydrogen) atoms. The Morgan fingerprint density at radius 2 is 1.94 bits per heavy atom. The minimum atomic E-state index is -2.18. The van der Waals surface area contributed by atoms with Gasteiger partial charge in [-0.3, -0.25) is 14.7 Å². The molecule has 4 N–H and O–H groups in total. The lowest BCUT2D eigenvalue weighted by Gasteiger charge is -2.25. The van der Waals surface area contributed by atoms with Crippen LogP contribution in [0.2, 0.25) is 0 Å². The first-order chi connectivity index (χ1) is 16.3. The maximum atomic E-state index is 12.0. The smallest absolute Gasteiger partial charge is 0.250 e. The molecule has 1 aliphatic carbocycles. The van der Waals surface area contributed by atoms with Gasteiger partial charge in [0.05, 0.1) is 16.7 Å². The van der Waals surface area contributed by atoms with Gasteiger partial charge in [-0.1, -0.05) is 24.0 Å². The molecule has 0 bridgehead atoms. The Hall–Kier alpha value is -3.03. The number of fused-ring (bicyclic) bond motifs is 1. The lowest BCUT2D eigenvalue weighted by atomic mass is 9.88. The molecule has 178 valence electrons. The van der Waals surface area contributed by atoms with Gasteiger partial charge in [0.1, 0.15) is 0 Å². The van der Waals surface area contributed by atoms with E-state index in [2.05, 4.69) is 29.1 Å². The topological polar surface area (TPSA) is 125 Å². The van der Waals surface area contributed by atoms with Crippen LogP contribution in [0.25, 0.3) is 10.9 Å². The van der Waals surface area contributed by atoms with Crippen LogP contribution in [0.5, 0.6) is 0 Å². The Morgan fingerprint density at radius 3 is 2.59 bits per heavy atom. The molecule has 8 nitrogen and oxygen atoms in total. The molecule has 0 radical (unpaired) electrons. The number of carbonyl (C=O) groups excluding carboxylic acids is 1. The summed E-state index contributed by atoms with van der Waals surface area (Å²) in [7, 11) is 0. The van der Waals surface area contributed by atoms with Gasteiger partial charge in [-0.05, 0) is 67.5 Å². The first-order valence-corrected chi connectivity index (χ1v) is 12.3. The van der Waals surface area contributed by atoms with Crippen LogP contribution in [0, 0.1) is 23.2 Å². The Labute approximate surface area is 200 Å². The number of hydroxylamine groups is 1. The van der Waals surface area contributed by atoms with Gasteiger partial charge in [-0.2, -0.15) is 5.10 Å². The highest BCUT2D eigenvalue weighted by Crippen LogP contribution is 2.46. The molecule has 1 aromatic heterocycles. The molecular weight excluding hydrogens is 454 g/mol. The molecule has 0 saturated heterocycles. The lowest BCUT2D eigenvalue weighted by molar-refractivity contribution is -0.138. The summed E-state index contributed by atoms with van der Waals surface area (Å²) >= 11 is -2.18. The number of aliphatic hydroxyl groups excluding tert-OH is 1. The fourth-order valence-electron chi connectivity index (χ4n) is 4.10. The SMILES string of the molecule is C[C@](CCn1cc2cc(C#Cc3ccc([C@H]4C[C@@H]4CO)cc3)ccc2n1)(CS(=O)O)C(=O)NO. The third kappa shape index (κ3) is 5.54. The number of nitrogens with one attached hydrogen (secondary N) is 1. The zero-order valence-corrected chi connectivity index (χ0v) is 19.6. The summed E-state index contributed by atoms with van der Waals surface area (Å²) in [6.45, 7) is 2.11. The van der Waals surface area contributed by atoms with Crippen molar-refractivity contribution in [1.29, 1.82) is 0 Å². The Bertz CT molecular complexity index is 1280. The maximum absolute atomic E-state index is 12.0. The van der Waals surface area contributed by atoms with Gasteiger partial charge in [-0.25, -0.2) is 9.69 Å². The lowest BCUT2D eigenvalue weighted by Crippen LogP contribution is -2.42. The molecule has 4 rings (SSSR count). The number of rotatable bonds is 8. The van der Waals surface area contributed by atoms with Crippen LogP contribution in [-0.2, 0) is 22.4 Å². The standard InChI is InChI=1S/C25H27N3O5S/c1-25(16-34(32)33,24(30)27-31)10-11-28-14-20-12-18(6-9-23(20)26-28)3-2-17-4-7-19(8-5-17)22-13-21(22)15-29/h4-9,12,14,21-22,29,31H,10-11,13,15-16H2,1H3,(H,27,30)(H,32,33)/t21-,22-,25+/m1/s1. The summed E-state index contributed by atoms with van der Waals surface area (Å²) in [4.78, 5) is 12.0. The maximum Gasteiger partial charge on any atom is 0.250 e. The highest BCUT2D eigenvalue weighted by molar-refractivity contribution is 7.79. The van der Waals surface area contributed by atoms with E-state index in [1.54, 1.807) is 10.2 Å². The van der Waals surface area contributed by atoms with Crippen molar-refractivity contribution in [3.63, 3.8) is 0 Å². The van der Waals surface area contributed by atoms with Gasteiger partial charge in [0, 0.05) is 35.9 Å². The van der Waals surface area contributed by atoms with Crippen molar-refractivity contribution in [2.75, 3.05) is 12.4 Å². The van der Waals surface area contributed by atoms with Crippen LogP contribution >= 0.6 is 0 Å². The summed E-state index contributed by atoms with van der Waals surface area (Å²) in [5, 5.41) is 23.6. The molecule has 2 aromatic carbocycles. The normalized spacial score (nSPS) is 19.6. The summed E-state index contributed by atoms with van der Waals surface area (Å²) < 4.78 is 22.2. The number of amides is 1. The highest BCUT2D eigenvalue weighted by atomic mass is 32.2. The number of hydrogen-bond donors (Lipinski definition) is 4. The van der Waals surface area contributed by atoms with E-state index in [0.717, 1.165) is 28.5 Å². The van der Waals surface area contributed by atoms with Gasteiger partial charge in [0.15, 0.2) is 11.1 Å². The monoisotopic (exact) mass is 481 g/mol. The fraction of sp³-hybridized carbons (Fsp3) is 0.360. The number of benzene rings is 2. The minimum absolute atomic E-state index is 0.224. The van der Waals surface area contributed by atoms with E-state index in [1.165, 1.54) is 12.5 Å². The predicted octanol–water partition coefficient (Wildman–Crippen LogP) is 2.66. The number of carbonyl (C=O) groups is 1. The van der Waals surface area contributed by atoms with Crippen molar-refractivity contribution in [3.05, 3.63) is 65.4 Å². The second-order valence-corrected chi connectivity index (χ2v) is 9.97.